The molecule has 64 heavy (non-hydrogen) atoms. The van der Waals surface area contributed by atoms with Crippen LogP contribution in [-0.2, 0) is 0 Å². The van der Waals surface area contributed by atoms with E-state index in [-0.39, 0.29) is 0 Å². The molecule has 0 aliphatic rings. The molecule has 11 rings (SSSR count). The van der Waals surface area contributed by atoms with Crippen LogP contribution in [0.2, 0.25) is 0 Å². The first-order valence-electron chi connectivity index (χ1n) is 21.5. The van der Waals surface area contributed by atoms with E-state index >= 15 is 0 Å². The van der Waals surface area contributed by atoms with Crippen molar-refractivity contribution in [1.82, 2.24) is 0 Å². The molecule has 0 amide bonds. The largest absolute Gasteiger partial charge is 0.452 e. The van der Waals surface area contributed by atoms with Gasteiger partial charge in [0.2, 0.25) is 0 Å². The van der Waals surface area contributed by atoms with Gasteiger partial charge in [-0.25, -0.2) is 0 Å². The van der Waals surface area contributed by atoms with Crippen molar-refractivity contribution in [1.29, 1.82) is 10.5 Å². The van der Waals surface area contributed by atoms with Crippen molar-refractivity contribution >= 4 is 99.5 Å². The van der Waals surface area contributed by atoms with Crippen LogP contribution in [0.1, 0.15) is 44.5 Å². The molecular formula is C58H42N4O2. The highest BCUT2D eigenvalue weighted by molar-refractivity contribution is 6.21. The predicted octanol–water partition coefficient (Wildman–Crippen LogP) is 16.3. The Morgan fingerprint density at radius 3 is 1.06 bits per heavy atom. The van der Waals surface area contributed by atoms with Crippen molar-refractivity contribution in [3.63, 3.8) is 0 Å². The molecule has 0 bridgehead atoms. The second-order valence-electron chi connectivity index (χ2n) is 17.2. The third kappa shape index (κ3) is 6.23. The number of hydrogen-bond acceptors (Lipinski definition) is 6. The lowest BCUT2D eigenvalue weighted by atomic mass is 10.0. The number of fused-ring (bicyclic) bond motifs is 9. The van der Waals surface area contributed by atoms with E-state index in [1.54, 1.807) is 0 Å². The van der Waals surface area contributed by atoms with Crippen molar-refractivity contribution in [2.75, 3.05) is 9.80 Å². The molecule has 6 nitrogen and oxygen atoms in total. The molecule has 2 aromatic heterocycles. The van der Waals surface area contributed by atoms with E-state index in [1.807, 2.05) is 48.5 Å². The van der Waals surface area contributed by atoms with Crippen molar-refractivity contribution in [3.8, 4) is 12.1 Å². The molecule has 0 N–H and O–H groups in total. The van der Waals surface area contributed by atoms with Crippen LogP contribution in [0.25, 0.3) is 65.4 Å². The van der Waals surface area contributed by atoms with Crippen LogP contribution in [0.15, 0.2) is 154 Å². The summed E-state index contributed by atoms with van der Waals surface area (Å²) in [6.07, 6.45) is 0. The third-order valence-electron chi connectivity index (χ3n) is 13.3. The van der Waals surface area contributed by atoms with E-state index in [1.165, 1.54) is 33.4 Å². The summed E-state index contributed by atoms with van der Waals surface area (Å²) >= 11 is 0. The van der Waals surface area contributed by atoms with Gasteiger partial charge in [0, 0.05) is 55.7 Å². The highest BCUT2D eigenvalue weighted by Gasteiger charge is 2.21. The van der Waals surface area contributed by atoms with Gasteiger partial charge in [0.15, 0.2) is 11.2 Å². The summed E-state index contributed by atoms with van der Waals surface area (Å²) in [6.45, 7) is 12.9. The number of rotatable bonds is 6. The maximum Gasteiger partial charge on any atom is 0.178 e. The number of nitrogens with zero attached hydrogens (tertiary/aromatic N) is 4. The molecule has 0 saturated carbocycles. The van der Waals surface area contributed by atoms with Gasteiger partial charge in [-0.15, -0.1) is 0 Å². The summed E-state index contributed by atoms with van der Waals surface area (Å²) < 4.78 is 13.5. The van der Waals surface area contributed by atoms with E-state index in [0.717, 1.165) is 99.5 Å². The lowest BCUT2D eigenvalue weighted by Crippen LogP contribution is -2.11. The van der Waals surface area contributed by atoms with Crippen LogP contribution >= 0.6 is 0 Å². The number of aryl methyl sites for hydroxylation is 4. The van der Waals surface area contributed by atoms with Crippen LogP contribution in [0, 0.1) is 64.2 Å². The molecule has 0 atom stereocenters. The first-order chi connectivity index (χ1) is 31.0. The van der Waals surface area contributed by atoms with Crippen molar-refractivity contribution in [2.24, 2.45) is 0 Å². The summed E-state index contributed by atoms with van der Waals surface area (Å²) in [5, 5.41) is 27.5. The maximum atomic E-state index is 9.53. The summed E-state index contributed by atoms with van der Waals surface area (Å²) in [6, 6.07) is 55.1. The topological polar surface area (TPSA) is 80.3 Å². The number of anilines is 6. The van der Waals surface area contributed by atoms with Crippen molar-refractivity contribution < 1.29 is 8.83 Å². The zero-order chi connectivity index (χ0) is 44.0. The van der Waals surface area contributed by atoms with Gasteiger partial charge in [0.25, 0.3) is 0 Å². The molecule has 2 heterocycles. The molecule has 306 valence electrons. The van der Waals surface area contributed by atoms with Gasteiger partial charge in [-0.05, 0) is 230 Å². The van der Waals surface area contributed by atoms with E-state index in [0.29, 0.717) is 11.1 Å². The van der Waals surface area contributed by atoms with Gasteiger partial charge in [-0.3, -0.25) is 0 Å². The number of benzene rings is 9. The molecule has 0 aliphatic carbocycles. The summed E-state index contributed by atoms with van der Waals surface area (Å²) in [7, 11) is 0. The van der Waals surface area contributed by atoms with Gasteiger partial charge in [-0.1, -0.05) is 12.1 Å². The molecular weight excluding hydrogens is 785 g/mol. The summed E-state index contributed by atoms with van der Waals surface area (Å²) in [5.41, 5.74) is 17.8. The van der Waals surface area contributed by atoms with E-state index < -0.39 is 0 Å². The third-order valence-corrected chi connectivity index (χ3v) is 13.3. The molecule has 0 saturated heterocycles. The SMILES string of the molecule is Cc1cc(N(c2ccc(C#N)cc2)c2ccc3cc4c(cc3c2)oc2c4ccc3c4cc5ccc(N(c6ccc(C#N)cc6)c6cc(C)c(C)c(C)c6)cc5cc4oc32)cc(C)c1C. The van der Waals surface area contributed by atoms with Gasteiger partial charge < -0.3 is 18.6 Å². The molecule has 0 spiro atoms. The highest BCUT2D eigenvalue weighted by Crippen LogP contribution is 2.44. The van der Waals surface area contributed by atoms with Crippen LogP contribution in [-0.4, -0.2) is 0 Å². The minimum atomic E-state index is 0.623. The Morgan fingerprint density at radius 1 is 0.344 bits per heavy atom. The highest BCUT2D eigenvalue weighted by atomic mass is 16.4. The van der Waals surface area contributed by atoms with Crippen molar-refractivity contribution in [2.45, 2.75) is 41.5 Å². The molecule has 6 heteroatoms. The smallest absolute Gasteiger partial charge is 0.178 e. The monoisotopic (exact) mass is 826 g/mol. The second-order valence-corrected chi connectivity index (χ2v) is 17.2. The molecule has 11 aromatic rings. The Kier molecular flexibility index (Phi) is 8.84. The van der Waals surface area contributed by atoms with Gasteiger partial charge in [0.1, 0.15) is 11.2 Å². The normalized spacial score (nSPS) is 11.6. The fourth-order valence-corrected chi connectivity index (χ4v) is 9.35. The maximum absolute atomic E-state index is 9.53. The van der Waals surface area contributed by atoms with E-state index in [4.69, 9.17) is 8.83 Å². The number of furan rings is 2. The van der Waals surface area contributed by atoms with Crippen molar-refractivity contribution in [3.05, 3.63) is 190 Å². The van der Waals surface area contributed by atoms with Gasteiger partial charge >= 0.3 is 0 Å². The minimum absolute atomic E-state index is 0.623. The molecule has 0 radical (unpaired) electrons. The Labute approximate surface area is 371 Å². The van der Waals surface area contributed by atoms with Crippen LogP contribution in [0.5, 0.6) is 0 Å². The first kappa shape index (κ1) is 38.6. The zero-order valence-corrected chi connectivity index (χ0v) is 36.5. The predicted molar refractivity (Wildman–Crippen MR) is 263 cm³/mol. The second kappa shape index (κ2) is 14.7. The van der Waals surface area contributed by atoms with Crippen LogP contribution < -0.4 is 9.80 Å². The first-order valence-corrected chi connectivity index (χ1v) is 21.5. The standard InChI is InChI=1S/C58H42N4O2/c1-33-21-49(22-34(2)37(33)5)61(45-13-7-39(31-59)8-14-45)47-17-11-41-27-53-51-19-20-52-54-28-42-12-18-48(26-44(42)30-56(54)64-58(52)57(51)63-55(53)29-43(41)25-47)62(46-15-9-40(32-60)10-16-46)50-23-35(3)38(6)36(4)24-50/h7-30H,1-6H3. The number of nitriles is 2. The quantitative estimate of drug-likeness (QED) is 0.166. The average molecular weight is 827 g/mol. The molecule has 9 aromatic carbocycles. The lowest BCUT2D eigenvalue weighted by molar-refractivity contribution is 0.634. The summed E-state index contributed by atoms with van der Waals surface area (Å²) in [5.74, 6) is 0. The fourth-order valence-electron chi connectivity index (χ4n) is 9.35. The Morgan fingerprint density at radius 2 is 0.703 bits per heavy atom. The summed E-state index contributed by atoms with van der Waals surface area (Å²) in [4.78, 5) is 4.51. The molecule has 0 fully saturated rings. The van der Waals surface area contributed by atoms with Crippen LogP contribution in [0.3, 0.4) is 0 Å². The lowest BCUT2D eigenvalue weighted by Gasteiger charge is -2.27. The zero-order valence-electron chi connectivity index (χ0n) is 36.5. The fraction of sp³-hybridized carbons (Fsp3) is 0.103. The average Bonchev–Trinajstić information content (AvgIpc) is 3.86. The Balaban J connectivity index is 1.02. The minimum Gasteiger partial charge on any atom is -0.452 e. The number of hydrogen-bond donors (Lipinski definition) is 0. The van der Waals surface area contributed by atoms with E-state index in [2.05, 4.69) is 161 Å². The molecule has 0 aliphatic heterocycles. The van der Waals surface area contributed by atoms with Gasteiger partial charge in [-0.2, -0.15) is 10.5 Å². The molecule has 0 unspecified atom stereocenters. The Hall–Kier alpha value is -8.32. The van der Waals surface area contributed by atoms with Gasteiger partial charge in [0.05, 0.1) is 23.3 Å². The van der Waals surface area contributed by atoms with Crippen LogP contribution in [0.4, 0.5) is 34.1 Å². The van der Waals surface area contributed by atoms with E-state index in [9.17, 15) is 10.5 Å². The Bertz CT molecular complexity index is 3520.